The van der Waals surface area contributed by atoms with Gasteiger partial charge in [0.15, 0.2) is 0 Å². The van der Waals surface area contributed by atoms with Crippen molar-refractivity contribution in [2.45, 2.75) is 31.9 Å². The van der Waals surface area contributed by atoms with Crippen molar-refractivity contribution >= 4 is 27.5 Å². The van der Waals surface area contributed by atoms with Crippen LogP contribution < -0.4 is 5.32 Å². The fourth-order valence-corrected chi connectivity index (χ4v) is 2.53. The highest BCUT2D eigenvalue weighted by atomic mass is 79.9. The van der Waals surface area contributed by atoms with Gasteiger partial charge in [0, 0.05) is 5.92 Å². The molecule has 0 unspecified atom stereocenters. The van der Waals surface area contributed by atoms with E-state index in [4.69, 9.17) is 0 Å². The van der Waals surface area contributed by atoms with Crippen molar-refractivity contribution in [3.63, 3.8) is 0 Å². The molecule has 0 spiro atoms. The van der Waals surface area contributed by atoms with Crippen LogP contribution in [0.25, 0.3) is 0 Å². The SMILES string of the molecule is O=C(Nc1ccc(C(F)(F)F)nc1Br)C1CCCC1. The summed E-state index contributed by atoms with van der Waals surface area (Å²) in [6.07, 6.45) is -0.791. The zero-order valence-corrected chi connectivity index (χ0v) is 11.5. The van der Waals surface area contributed by atoms with Gasteiger partial charge in [-0.05, 0) is 40.9 Å². The lowest BCUT2D eigenvalue weighted by Crippen LogP contribution is -2.21. The molecule has 1 aromatic heterocycles. The Morgan fingerprint density at radius 2 is 1.95 bits per heavy atom. The molecule has 1 N–H and O–H groups in total. The topological polar surface area (TPSA) is 42.0 Å². The van der Waals surface area contributed by atoms with Crippen molar-refractivity contribution in [1.29, 1.82) is 0 Å². The summed E-state index contributed by atoms with van der Waals surface area (Å²) >= 11 is 2.95. The number of pyridine rings is 1. The Balaban J connectivity index is 2.11. The maximum atomic E-state index is 12.4. The normalized spacial score (nSPS) is 16.6. The van der Waals surface area contributed by atoms with Crippen LogP contribution in [0.4, 0.5) is 18.9 Å². The van der Waals surface area contributed by atoms with E-state index in [0.717, 1.165) is 31.7 Å². The van der Waals surface area contributed by atoms with Crippen LogP contribution in [-0.4, -0.2) is 10.9 Å². The average molecular weight is 337 g/mol. The van der Waals surface area contributed by atoms with E-state index in [1.807, 2.05) is 0 Å². The van der Waals surface area contributed by atoms with Crippen LogP contribution in [0.5, 0.6) is 0 Å². The lowest BCUT2D eigenvalue weighted by Gasteiger charge is -2.12. The first-order valence-electron chi connectivity index (χ1n) is 5.92. The molecule has 2 rings (SSSR count). The Kier molecular flexibility index (Phi) is 4.13. The molecule has 1 fully saturated rings. The number of nitrogens with zero attached hydrogens (tertiary/aromatic N) is 1. The summed E-state index contributed by atoms with van der Waals surface area (Å²) in [5.41, 5.74) is -0.719. The Labute approximate surface area is 116 Å². The first kappa shape index (κ1) is 14.3. The van der Waals surface area contributed by atoms with Crippen molar-refractivity contribution in [2.75, 3.05) is 5.32 Å². The summed E-state index contributed by atoms with van der Waals surface area (Å²) in [6.45, 7) is 0. The maximum absolute atomic E-state index is 12.4. The molecule has 0 saturated heterocycles. The third-order valence-electron chi connectivity index (χ3n) is 3.12. The molecule has 0 atom stereocenters. The van der Waals surface area contributed by atoms with Gasteiger partial charge in [-0.2, -0.15) is 13.2 Å². The van der Waals surface area contributed by atoms with Gasteiger partial charge in [-0.3, -0.25) is 4.79 Å². The van der Waals surface area contributed by atoms with Gasteiger partial charge in [-0.1, -0.05) is 12.8 Å². The van der Waals surface area contributed by atoms with Crippen molar-refractivity contribution in [3.05, 3.63) is 22.4 Å². The van der Waals surface area contributed by atoms with E-state index >= 15 is 0 Å². The highest BCUT2D eigenvalue weighted by Crippen LogP contribution is 2.32. The summed E-state index contributed by atoms with van der Waals surface area (Å²) in [4.78, 5) is 15.3. The minimum absolute atomic E-state index is 0.00586. The van der Waals surface area contributed by atoms with Crippen LogP contribution in [0.3, 0.4) is 0 Å². The van der Waals surface area contributed by atoms with Gasteiger partial charge in [0.2, 0.25) is 5.91 Å². The molecule has 0 bridgehead atoms. The fraction of sp³-hybridized carbons (Fsp3) is 0.500. The van der Waals surface area contributed by atoms with Crippen LogP contribution in [0, 0.1) is 5.92 Å². The fourth-order valence-electron chi connectivity index (χ4n) is 2.11. The molecule has 0 radical (unpaired) electrons. The first-order chi connectivity index (χ1) is 8.88. The number of carbonyl (C=O) groups is 1. The monoisotopic (exact) mass is 336 g/mol. The molecular weight excluding hydrogens is 325 g/mol. The smallest absolute Gasteiger partial charge is 0.324 e. The second kappa shape index (κ2) is 5.48. The van der Waals surface area contributed by atoms with Gasteiger partial charge in [-0.15, -0.1) is 0 Å². The standard InChI is InChI=1S/C12H12BrF3N2O/c13-10-8(5-6-9(18-10)12(14,15)16)17-11(19)7-3-1-2-4-7/h5-7H,1-4H2,(H,17,19). The molecule has 1 heterocycles. The summed E-state index contributed by atoms with van der Waals surface area (Å²) in [7, 11) is 0. The predicted molar refractivity (Wildman–Crippen MR) is 67.5 cm³/mol. The largest absolute Gasteiger partial charge is 0.433 e. The Bertz CT molecular complexity index is 484. The van der Waals surface area contributed by atoms with E-state index in [2.05, 4.69) is 26.2 Å². The van der Waals surface area contributed by atoms with E-state index in [0.29, 0.717) is 0 Å². The minimum atomic E-state index is -4.49. The molecule has 0 aliphatic heterocycles. The number of halogens is 4. The number of nitrogens with one attached hydrogen (secondary N) is 1. The zero-order chi connectivity index (χ0) is 14.0. The molecule has 1 saturated carbocycles. The number of aromatic nitrogens is 1. The van der Waals surface area contributed by atoms with E-state index in [1.54, 1.807) is 0 Å². The molecular formula is C12H12BrF3N2O. The summed E-state index contributed by atoms with van der Waals surface area (Å²) in [5, 5.41) is 2.62. The van der Waals surface area contributed by atoms with E-state index < -0.39 is 11.9 Å². The maximum Gasteiger partial charge on any atom is 0.433 e. The number of anilines is 1. The van der Waals surface area contributed by atoms with Crippen molar-refractivity contribution in [1.82, 2.24) is 4.98 Å². The van der Waals surface area contributed by atoms with Crippen molar-refractivity contribution in [3.8, 4) is 0 Å². The third-order valence-corrected chi connectivity index (χ3v) is 3.73. The quantitative estimate of drug-likeness (QED) is 0.829. The van der Waals surface area contributed by atoms with E-state index in [-0.39, 0.29) is 22.1 Å². The lowest BCUT2D eigenvalue weighted by atomic mass is 10.1. The summed E-state index contributed by atoms with van der Waals surface area (Å²) in [5.74, 6) is -0.200. The van der Waals surface area contributed by atoms with Gasteiger partial charge in [0.1, 0.15) is 10.3 Å². The molecule has 1 aromatic rings. The Hall–Kier alpha value is -1.11. The van der Waals surface area contributed by atoms with Crippen molar-refractivity contribution in [2.24, 2.45) is 5.92 Å². The highest BCUT2D eigenvalue weighted by Gasteiger charge is 2.33. The van der Waals surface area contributed by atoms with Crippen LogP contribution in [-0.2, 0) is 11.0 Å². The van der Waals surface area contributed by atoms with Gasteiger partial charge in [0.05, 0.1) is 5.69 Å². The predicted octanol–water partition coefficient (Wildman–Crippen LogP) is 3.99. The number of amides is 1. The molecule has 104 valence electrons. The Morgan fingerprint density at radius 1 is 1.32 bits per heavy atom. The molecule has 1 aliphatic rings. The van der Waals surface area contributed by atoms with Crippen LogP contribution in [0.15, 0.2) is 16.7 Å². The van der Waals surface area contributed by atoms with Crippen LogP contribution in [0.1, 0.15) is 31.4 Å². The van der Waals surface area contributed by atoms with E-state index in [9.17, 15) is 18.0 Å². The average Bonchev–Trinajstić information content (AvgIpc) is 2.84. The van der Waals surface area contributed by atoms with Crippen molar-refractivity contribution < 1.29 is 18.0 Å². The number of hydrogen-bond donors (Lipinski definition) is 1. The molecule has 3 nitrogen and oxygen atoms in total. The molecule has 7 heteroatoms. The number of hydrogen-bond acceptors (Lipinski definition) is 2. The Morgan fingerprint density at radius 3 is 2.47 bits per heavy atom. The van der Waals surface area contributed by atoms with E-state index in [1.165, 1.54) is 6.07 Å². The number of alkyl halides is 3. The summed E-state index contributed by atoms with van der Waals surface area (Å²) in [6, 6.07) is 2.07. The molecule has 19 heavy (non-hydrogen) atoms. The number of rotatable bonds is 2. The van der Waals surface area contributed by atoms with Gasteiger partial charge in [-0.25, -0.2) is 4.98 Å². The molecule has 1 amide bonds. The third kappa shape index (κ3) is 3.46. The first-order valence-corrected chi connectivity index (χ1v) is 6.72. The minimum Gasteiger partial charge on any atom is -0.324 e. The second-order valence-electron chi connectivity index (χ2n) is 4.50. The highest BCUT2D eigenvalue weighted by molar-refractivity contribution is 9.10. The number of carbonyl (C=O) groups excluding carboxylic acids is 1. The van der Waals surface area contributed by atoms with Gasteiger partial charge in [0.25, 0.3) is 0 Å². The lowest BCUT2D eigenvalue weighted by molar-refractivity contribution is -0.141. The van der Waals surface area contributed by atoms with Crippen LogP contribution in [0.2, 0.25) is 0 Å². The second-order valence-corrected chi connectivity index (χ2v) is 5.25. The molecule has 0 aromatic carbocycles. The zero-order valence-electron chi connectivity index (χ0n) is 9.93. The van der Waals surface area contributed by atoms with Crippen LogP contribution >= 0.6 is 15.9 Å². The summed E-state index contributed by atoms with van der Waals surface area (Å²) < 4.78 is 37.3. The molecule has 1 aliphatic carbocycles. The van der Waals surface area contributed by atoms with Gasteiger partial charge >= 0.3 is 6.18 Å². The van der Waals surface area contributed by atoms with Gasteiger partial charge < -0.3 is 5.32 Å².